The molecule has 1 aliphatic rings. The zero-order valence-corrected chi connectivity index (χ0v) is 12.0. The fraction of sp³-hybridized carbons (Fsp3) is 0.692. The average molecular weight is 264 g/mol. The summed E-state index contributed by atoms with van der Waals surface area (Å²) in [6.07, 6.45) is 1.97. The van der Waals surface area contributed by atoms with E-state index in [4.69, 9.17) is 5.26 Å². The van der Waals surface area contributed by atoms with Crippen molar-refractivity contribution in [3.8, 4) is 6.07 Å². The predicted octanol–water partition coefficient (Wildman–Crippen LogP) is 1.71. The summed E-state index contributed by atoms with van der Waals surface area (Å²) in [4.78, 5) is 10.2. The minimum atomic E-state index is 0.806. The van der Waals surface area contributed by atoms with Crippen LogP contribution in [0.25, 0.3) is 0 Å². The van der Waals surface area contributed by atoms with Gasteiger partial charge >= 0.3 is 0 Å². The Morgan fingerprint density at radius 2 is 2.06 bits per heavy atom. The lowest BCUT2D eigenvalue weighted by molar-refractivity contribution is 0.148. The molecule has 1 saturated heterocycles. The molecule has 18 heavy (non-hydrogen) atoms. The number of hydrogen-bond donors (Lipinski definition) is 0. The third-order valence-electron chi connectivity index (χ3n) is 3.28. The van der Waals surface area contributed by atoms with Gasteiger partial charge in [-0.2, -0.15) is 5.26 Å². The molecule has 0 atom stereocenters. The molecule has 0 unspecified atom stereocenters. The van der Waals surface area contributed by atoms with Gasteiger partial charge in [-0.1, -0.05) is 13.3 Å². The number of nitriles is 1. The minimum Gasteiger partial charge on any atom is -0.304 e. The highest BCUT2D eigenvalue weighted by Crippen LogP contribution is 2.20. The van der Waals surface area contributed by atoms with Crippen molar-refractivity contribution >= 4 is 11.3 Å². The van der Waals surface area contributed by atoms with E-state index in [1.165, 1.54) is 0 Å². The molecule has 98 valence electrons. The number of likely N-dealkylation sites (N-methyl/N-ethyl adjacent to an activating group) is 1. The van der Waals surface area contributed by atoms with E-state index < -0.39 is 0 Å². The highest BCUT2D eigenvalue weighted by molar-refractivity contribution is 7.12. The van der Waals surface area contributed by atoms with Crippen LogP contribution in [-0.4, -0.2) is 48.0 Å². The molecule has 0 aliphatic carbocycles. The molecule has 0 amide bonds. The molecule has 2 rings (SSSR count). The second-order valence-corrected chi connectivity index (χ2v) is 5.91. The number of aromatic nitrogens is 1. The van der Waals surface area contributed by atoms with Crippen LogP contribution in [0.2, 0.25) is 0 Å². The van der Waals surface area contributed by atoms with Gasteiger partial charge in [0.25, 0.3) is 0 Å². The summed E-state index contributed by atoms with van der Waals surface area (Å²) in [7, 11) is 2.16. The Balaban J connectivity index is 1.99. The van der Waals surface area contributed by atoms with Crippen molar-refractivity contribution in [3.63, 3.8) is 0 Å². The van der Waals surface area contributed by atoms with Gasteiger partial charge in [0.05, 0.1) is 12.2 Å². The van der Waals surface area contributed by atoms with Crippen molar-refractivity contribution in [1.29, 1.82) is 5.26 Å². The first-order valence-electron chi connectivity index (χ1n) is 6.52. The number of aryl methyl sites for hydroxylation is 1. The van der Waals surface area contributed by atoms with E-state index in [1.807, 2.05) is 0 Å². The van der Waals surface area contributed by atoms with Crippen molar-refractivity contribution in [1.82, 2.24) is 14.8 Å². The molecule has 2 heterocycles. The predicted molar refractivity (Wildman–Crippen MR) is 73.6 cm³/mol. The maximum absolute atomic E-state index is 9.10. The van der Waals surface area contributed by atoms with Crippen LogP contribution >= 0.6 is 11.3 Å². The highest BCUT2D eigenvalue weighted by Gasteiger charge is 2.17. The minimum absolute atomic E-state index is 0.806. The van der Waals surface area contributed by atoms with Gasteiger partial charge in [0.15, 0.2) is 0 Å². The van der Waals surface area contributed by atoms with Crippen LogP contribution < -0.4 is 0 Å². The number of hydrogen-bond acceptors (Lipinski definition) is 5. The van der Waals surface area contributed by atoms with Gasteiger partial charge in [0.2, 0.25) is 0 Å². The summed E-state index contributed by atoms with van der Waals surface area (Å²) in [6.45, 7) is 7.47. The fourth-order valence-corrected chi connectivity index (χ4v) is 3.11. The van der Waals surface area contributed by atoms with Crippen LogP contribution in [-0.2, 0) is 13.0 Å². The van der Waals surface area contributed by atoms with Gasteiger partial charge in [0.1, 0.15) is 16.0 Å². The largest absolute Gasteiger partial charge is 0.304 e. The monoisotopic (exact) mass is 264 g/mol. The van der Waals surface area contributed by atoms with E-state index in [0.717, 1.165) is 61.1 Å². The lowest BCUT2D eigenvalue weighted by Gasteiger charge is -2.31. The third kappa shape index (κ3) is 3.29. The highest BCUT2D eigenvalue weighted by atomic mass is 32.1. The Morgan fingerprint density at radius 1 is 1.33 bits per heavy atom. The van der Waals surface area contributed by atoms with Crippen molar-refractivity contribution in [2.24, 2.45) is 0 Å². The molecule has 4 nitrogen and oxygen atoms in total. The van der Waals surface area contributed by atoms with Gasteiger partial charge in [-0.15, -0.1) is 11.3 Å². The van der Waals surface area contributed by atoms with Crippen molar-refractivity contribution in [2.75, 3.05) is 33.2 Å². The van der Waals surface area contributed by atoms with Crippen LogP contribution in [0, 0.1) is 11.3 Å². The van der Waals surface area contributed by atoms with Crippen LogP contribution in [0.5, 0.6) is 0 Å². The van der Waals surface area contributed by atoms with Gasteiger partial charge in [-0.3, -0.25) is 4.90 Å². The first kappa shape index (κ1) is 13.5. The summed E-state index contributed by atoms with van der Waals surface area (Å²) in [6, 6.07) is 2.27. The molecule has 1 fully saturated rings. The Morgan fingerprint density at radius 3 is 2.67 bits per heavy atom. The zero-order chi connectivity index (χ0) is 13.0. The number of piperazine rings is 1. The molecule has 0 saturated carbocycles. The summed E-state index contributed by atoms with van der Waals surface area (Å²) in [5.74, 6) is 0. The van der Waals surface area contributed by atoms with Gasteiger partial charge < -0.3 is 4.90 Å². The normalized spacial score (nSPS) is 17.8. The summed E-state index contributed by atoms with van der Waals surface area (Å²) in [5.41, 5.74) is 0.995. The number of thiazole rings is 1. The average Bonchev–Trinajstić information content (AvgIpc) is 2.75. The van der Waals surface area contributed by atoms with Crippen molar-refractivity contribution in [2.45, 2.75) is 26.3 Å². The molecule has 0 aromatic carbocycles. The van der Waals surface area contributed by atoms with E-state index in [0.29, 0.717) is 0 Å². The number of nitrogens with zero attached hydrogens (tertiary/aromatic N) is 4. The molecular formula is C13H20N4S. The summed E-state index contributed by atoms with van der Waals surface area (Å²) in [5, 5.41) is 10.2. The molecule has 5 heteroatoms. The molecule has 0 radical (unpaired) electrons. The third-order valence-corrected chi connectivity index (χ3v) is 4.27. The lowest BCUT2D eigenvalue weighted by Crippen LogP contribution is -2.43. The maximum Gasteiger partial charge on any atom is 0.128 e. The van der Waals surface area contributed by atoms with E-state index in [9.17, 15) is 0 Å². The van der Waals surface area contributed by atoms with Crippen molar-refractivity contribution in [3.05, 3.63) is 15.6 Å². The Kier molecular flexibility index (Phi) is 4.70. The van der Waals surface area contributed by atoms with E-state index in [2.05, 4.69) is 34.8 Å². The molecule has 1 aromatic rings. The first-order chi connectivity index (χ1) is 8.72. The first-order valence-corrected chi connectivity index (χ1v) is 7.34. The van der Waals surface area contributed by atoms with Crippen LogP contribution in [0.1, 0.15) is 28.9 Å². The molecular weight excluding hydrogens is 244 g/mol. The standard InChI is InChI=1S/C13H20N4S/c1-3-4-11-12(9-14)18-13(15-11)10-17-7-5-16(2)6-8-17/h3-8,10H2,1-2H3. The van der Waals surface area contributed by atoms with E-state index in [-0.39, 0.29) is 0 Å². The van der Waals surface area contributed by atoms with E-state index >= 15 is 0 Å². The molecule has 0 bridgehead atoms. The van der Waals surface area contributed by atoms with Gasteiger partial charge in [-0.25, -0.2) is 4.98 Å². The smallest absolute Gasteiger partial charge is 0.128 e. The lowest BCUT2D eigenvalue weighted by atomic mass is 10.2. The summed E-state index contributed by atoms with van der Waals surface area (Å²) < 4.78 is 0. The zero-order valence-electron chi connectivity index (χ0n) is 11.1. The number of rotatable bonds is 4. The second-order valence-electron chi connectivity index (χ2n) is 4.82. The summed E-state index contributed by atoms with van der Waals surface area (Å²) >= 11 is 1.57. The molecule has 1 aliphatic heterocycles. The molecule has 0 N–H and O–H groups in total. The van der Waals surface area contributed by atoms with Crippen LogP contribution in [0.3, 0.4) is 0 Å². The van der Waals surface area contributed by atoms with Crippen molar-refractivity contribution < 1.29 is 0 Å². The maximum atomic E-state index is 9.10. The van der Waals surface area contributed by atoms with Crippen LogP contribution in [0.15, 0.2) is 0 Å². The topological polar surface area (TPSA) is 43.2 Å². The quantitative estimate of drug-likeness (QED) is 0.830. The van der Waals surface area contributed by atoms with Gasteiger partial charge in [-0.05, 0) is 13.5 Å². The Bertz CT molecular complexity index is 427. The van der Waals surface area contributed by atoms with Crippen LogP contribution in [0.4, 0.5) is 0 Å². The second kappa shape index (κ2) is 6.28. The fourth-order valence-electron chi connectivity index (χ4n) is 2.16. The molecule has 1 aromatic heterocycles. The molecule has 0 spiro atoms. The SMILES string of the molecule is CCCc1nc(CN2CCN(C)CC2)sc1C#N. The Labute approximate surface area is 113 Å². The van der Waals surface area contributed by atoms with Gasteiger partial charge in [0, 0.05) is 26.2 Å². The van der Waals surface area contributed by atoms with E-state index in [1.54, 1.807) is 11.3 Å². The Hall–Kier alpha value is -0.960.